The molecule has 0 atom stereocenters. The van der Waals surface area contributed by atoms with Gasteiger partial charge in [-0.3, -0.25) is 14.9 Å². The lowest BCUT2D eigenvalue weighted by Gasteiger charge is -2.38. The van der Waals surface area contributed by atoms with Crippen LogP contribution in [-0.2, 0) is 0 Å². The van der Waals surface area contributed by atoms with Crippen LogP contribution in [-0.4, -0.2) is 40.5 Å². The number of aliphatic hydroxyl groups is 1. The second kappa shape index (κ2) is 4.91. The van der Waals surface area contributed by atoms with Crippen molar-refractivity contribution in [3.8, 4) is 0 Å². The van der Waals surface area contributed by atoms with Crippen LogP contribution in [0, 0.1) is 16.0 Å². The highest BCUT2D eigenvalue weighted by Gasteiger charge is 2.34. The molecule has 1 aromatic carbocycles. The molecule has 0 radical (unpaired) electrons. The lowest BCUT2D eigenvalue weighted by Crippen LogP contribution is -2.51. The van der Waals surface area contributed by atoms with Crippen LogP contribution in [0.2, 0.25) is 5.02 Å². The van der Waals surface area contributed by atoms with Gasteiger partial charge in [0, 0.05) is 31.7 Å². The first-order chi connectivity index (χ1) is 8.54. The summed E-state index contributed by atoms with van der Waals surface area (Å²) in [5.41, 5.74) is -0.375. The molecule has 18 heavy (non-hydrogen) atoms. The van der Waals surface area contributed by atoms with Crippen LogP contribution in [0.3, 0.4) is 0 Å². The molecule has 0 aliphatic carbocycles. The number of hydrogen-bond donors (Lipinski definition) is 1. The molecule has 1 aromatic rings. The van der Waals surface area contributed by atoms with E-state index in [0.717, 1.165) is 0 Å². The number of benzene rings is 1. The molecular weight excluding hydrogens is 260 g/mol. The quantitative estimate of drug-likeness (QED) is 0.663. The van der Waals surface area contributed by atoms with Crippen molar-refractivity contribution in [1.29, 1.82) is 0 Å². The lowest BCUT2D eigenvalue weighted by atomic mass is 9.99. The molecule has 0 aromatic heterocycles. The standard InChI is InChI=1S/C11H11ClN2O4/c12-8-2-1-3-9(14(17)18)10(8)11(16)13-4-7(5-13)6-15/h1-3,7,15H,4-6H2. The minimum absolute atomic E-state index is 0.00833. The first-order valence-corrected chi connectivity index (χ1v) is 5.75. The maximum Gasteiger partial charge on any atom is 0.283 e. The van der Waals surface area contributed by atoms with Gasteiger partial charge in [0.15, 0.2) is 0 Å². The predicted octanol–water partition coefficient (Wildman–Crippen LogP) is 1.31. The molecule has 1 N–H and O–H groups in total. The van der Waals surface area contributed by atoms with Crippen molar-refractivity contribution >= 4 is 23.2 Å². The highest BCUT2D eigenvalue weighted by Crippen LogP contribution is 2.29. The monoisotopic (exact) mass is 270 g/mol. The second-order valence-corrected chi connectivity index (χ2v) is 4.56. The Morgan fingerprint density at radius 1 is 1.56 bits per heavy atom. The number of likely N-dealkylation sites (tertiary alicyclic amines) is 1. The molecule has 0 spiro atoms. The smallest absolute Gasteiger partial charge is 0.283 e. The number of halogens is 1. The summed E-state index contributed by atoms with van der Waals surface area (Å²) < 4.78 is 0. The van der Waals surface area contributed by atoms with Crippen molar-refractivity contribution in [3.63, 3.8) is 0 Å². The van der Waals surface area contributed by atoms with Gasteiger partial charge in [0.2, 0.25) is 0 Å². The number of carbonyl (C=O) groups excluding carboxylic acids is 1. The molecule has 1 heterocycles. The third kappa shape index (κ3) is 2.16. The van der Waals surface area contributed by atoms with Gasteiger partial charge in [-0.2, -0.15) is 0 Å². The van der Waals surface area contributed by atoms with Crippen LogP contribution in [0.5, 0.6) is 0 Å². The van der Waals surface area contributed by atoms with E-state index in [0.29, 0.717) is 13.1 Å². The summed E-state index contributed by atoms with van der Waals surface area (Å²) in [5, 5.41) is 19.8. The second-order valence-electron chi connectivity index (χ2n) is 4.15. The zero-order chi connectivity index (χ0) is 13.3. The van der Waals surface area contributed by atoms with E-state index in [-0.39, 0.29) is 28.8 Å². The SMILES string of the molecule is O=C(c1c(Cl)cccc1[N+](=O)[O-])N1CC(CO)C1. The zero-order valence-electron chi connectivity index (χ0n) is 9.38. The molecule has 1 saturated heterocycles. The Bertz CT molecular complexity index is 500. The average molecular weight is 271 g/mol. The van der Waals surface area contributed by atoms with Crippen molar-refractivity contribution in [3.05, 3.63) is 38.9 Å². The molecule has 0 unspecified atom stereocenters. The van der Waals surface area contributed by atoms with E-state index < -0.39 is 10.8 Å². The van der Waals surface area contributed by atoms with Crippen molar-refractivity contribution in [1.82, 2.24) is 4.90 Å². The van der Waals surface area contributed by atoms with E-state index in [4.69, 9.17) is 16.7 Å². The maximum atomic E-state index is 12.1. The molecule has 0 saturated carbocycles. The van der Waals surface area contributed by atoms with Crippen molar-refractivity contribution < 1.29 is 14.8 Å². The Hall–Kier alpha value is -1.66. The fourth-order valence-corrected chi connectivity index (χ4v) is 2.14. The number of nitro benzene ring substituents is 1. The van der Waals surface area contributed by atoms with Crippen LogP contribution in [0.15, 0.2) is 18.2 Å². The molecule has 7 heteroatoms. The van der Waals surface area contributed by atoms with E-state index in [1.54, 1.807) is 0 Å². The average Bonchev–Trinajstić information content (AvgIpc) is 2.26. The van der Waals surface area contributed by atoms with Gasteiger partial charge in [-0.05, 0) is 6.07 Å². The van der Waals surface area contributed by atoms with Gasteiger partial charge in [-0.25, -0.2) is 0 Å². The highest BCUT2D eigenvalue weighted by atomic mass is 35.5. The largest absolute Gasteiger partial charge is 0.396 e. The van der Waals surface area contributed by atoms with Gasteiger partial charge in [0.05, 0.1) is 9.95 Å². The summed E-state index contributed by atoms with van der Waals surface area (Å²) in [6.07, 6.45) is 0. The Balaban J connectivity index is 2.28. The summed E-state index contributed by atoms with van der Waals surface area (Å²) in [6, 6.07) is 4.14. The molecular formula is C11H11ClN2O4. The van der Waals surface area contributed by atoms with Crippen molar-refractivity contribution in [2.75, 3.05) is 19.7 Å². The normalized spacial score (nSPS) is 15.3. The van der Waals surface area contributed by atoms with E-state index in [1.165, 1.54) is 23.1 Å². The zero-order valence-corrected chi connectivity index (χ0v) is 10.1. The van der Waals surface area contributed by atoms with Crippen LogP contribution in [0.4, 0.5) is 5.69 Å². The van der Waals surface area contributed by atoms with Crippen LogP contribution in [0.1, 0.15) is 10.4 Å². The van der Waals surface area contributed by atoms with Gasteiger partial charge in [-0.15, -0.1) is 0 Å². The molecule has 1 amide bonds. The van der Waals surface area contributed by atoms with E-state index in [9.17, 15) is 14.9 Å². The Labute approximate surface area is 108 Å². The van der Waals surface area contributed by atoms with Gasteiger partial charge in [0.25, 0.3) is 11.6 Å². The van der Waals surface area contributed by atoms with Crippen LogP contribution in [0.25, 0.3) is 0 Å². The number of aliphatic hydroxyl groups excluding tert-OH is 1. The Kier molecular flexibility index (Phi) is 3.49. The van der Waals surface area contributed by atoms with Crippen LogP contribution >= 0.6 is 11.6 Å². The van der Waals surface area contributed by atoms with Gasteiger partial charge in [0.1, 0.15) is 5.56 Å². The third-order valence-corrected chi connectivity index (χ3v) is 3.22. The first-order valence-electron chi connectivity index (χ1n) is 5.37. The number of rotatable bonds is 3. The van der Waals surface area contributed by atoms with Gasteiger partial charge in [-0.1, -0.05) is 17.7 Å². The molecule has 2 rings (SSSR count). The summed E-state index contributed by atoms with van der Waals surface area (Å²) in [4.78, 5) is 23.8. The maximum absolute atomic E-state index is 12.1. The number of nitrogens with zero attached hydrogens (tertiary/aromatic N) is 2. The summed E-state index contributed by atoms with van der Waals surface area (Å²) in [5.74, 6) is -0.410. The topological polar surface area (TPSA) is 83.7 Å². The lowest BCUT2D eigenvalue weighted by molar-refractivity contribution is -0.385. The third-order valence-electron chi connectivity index (χ3n) is 2.90. The van der Waals surface area contributed by atoms with Gasteiger partial charge >= 0.3 is 0 Å². The molecule has 6 nitrogen and oxygen atoms in total. The number of hydrogen-bond acceptors (Lipinski definition) is 4. The number of carbonyl (C=O) groups is 1. The predicted molar refractivity (Wildman–Crippen MR) is 64.6 cm³/mol. The fourth-order valence-electron chi connectivity index (χ4n) is 1.89. The molecule has 1 fully saturated rings. The van der Waals surface area contributed by atoms with E-state index >= 15 is 0 Å². The molecule has 0 bridgehead atoms. The highest BCUT2D eigenvalue weighted by molar-refractivity contribution is 6.34. The fraction of sp³-hybridized carbons (Fsp3) is 0.364. The van der Waals surface area contributed by atoms with E-state index in [1.807, 2.05) is 0 Å². The Morgan fingerprint density at radius 2 is 2.22 bits per heavy atom. The summed E-state index contributed by atoms with van der Waals surface area (Å²) in [7, 11) is 0. The summed E-state index contributed by atoms with van der Waals surface area (Å²) >= 11 is 5.86. The van der Waals surface area contributed by atoms with Crippen molar-refractivity contribution in [2.45, 2.75) is 0 Å². The van der Waals surface area contributed by atoms with Gasteiger partial charge < -0.3 is 10.0 Å². The molecule has 96 valence electrons. The minimum Gasteiger partial charge on any atom is -0.396 e. The Morgan fingerprint density at radius 3 is 2.78 bits per heavy atom. The minimum atomic E-state index is -0.623. The number of amides is 1. The van der Waals surface area contributed by atoms with Crippen LogP contribution < -0.4 is 0 Å². The molecule has 1 aliphatic rings. The molecule has 1 aliphatic heterocycles. The first kappa shape index (κ1) is 12.8. The summed E-state index contributed by atoms with van der Waals surface area (Å²) in [6.45, 7) is 0.809. The van der Waals surface area contributed by atoms with Crippen molar-refractivity contribution in [2.24, 2.45) is 5.92 Å². The number of nitro groups is 1. The van der Waals surface area contributed by atoms with E-state index in [2.05, 4.69) is 0 Å².